The van der Waals surface area contributed by atoms with Gasteiger partial charge in [-0.15, -0.1) is 0 Å². The minimum Gasteiger partial charge on any atom is -0.325 e. The van der Waals surface area contributed by atoms with Gasteiger partial charge < -0.3 is 5.73 Å². The van der Waals surface area contributed by atoms with E-state index in [1.54, 1.807) is 6.20 Å². The number of rotatable bonds is 3. The molecule has 0 aromatic carbocycles. The Balaban J connectivity index is 1.94. The van der Waals surface area contributed by atoms with Crippen LogP contribution in [0.25, 0.3) is 0 Å². The van der Waals surface area contributed by atoms with Gasteiger partial charge in [-0.25, -0.2) is 0 Å². The Morgan fingerprint density at radius 3 is 2.85 bits per heavy atom. The summed E-state index contributed by atoms with van der Waals surface area (Å²) in [6.45, 7) is 0. The summed E-state index contributed by atoms with van der Waals surface area (Å²) < 4.78 is 1.05. The average molecular weight is 241 g/mol. The molecule has 0 amide bonds. The lowest BCUT2D eigenvalue weighted by molar-refractivity contribution is 0.608. The van der Waals surface area contributed by atoms with E-state index in [4.69, 9.17) is 5.73 Å². The summed E-state index contributed by atoms with van der Waals surface area (Å²) in [7, 11) is 0. The van der Waals surface area contributed by atoms with Gasteiger partial charge in [0.2, 0.25) is 0 Å². The van der Waals surface area contributed by atoms with Crippen molar-refractivity contribution < 1.29 is 0 Å². The first kappa shape index (κ1) is 9.16. The van der Waals surface area contributed by atoms with Crippen molar-refractivity contribution in [3.8, 4) is 0 Å². The van der Waals surface area contributed by atoms with Crippen LogP contribution in [0.4, 0.5) is 0 Å². The van der Waals surface area contributed by atoms with Crippen molar-refractivity contribution in [2.45, 2.75) is 31.2 Å². The van der Waals surface area contributed by atoms with Crippen LogP contribution in [0.2, 0.25) is 0 Å². The molecule has 70 valence electrons. The van der Waals surface area contributed by atoms with Gasteiger partial charge in [-0.3, -0.25) is 4.98 Å². The van der Waals surface area contributed by atoms with E-state index in [9.17, 15) is 0 Å². The molecule has 2 nitrogen and oxygen atoms in total. The predicted octanol–water partition coefficient (Wildman–Crippen LogP) is 2.27. The molecule has 1 aliphatic carbocycles. The average Bonchev–Trinajstić information content (AvgIpc) is 2.82. The smallest absolute Gasteiger partial charge is 0.0410 e. The summed E-state index contributed by atoms with van der Waals surface area (Å²) in [5.74, 6) is 0. The van der Waals surface area contributed by atoms with Gasteiger partial charge in [0.25, 0.3) is 0 Å². The Morgan fingerprint density at radius 1 is 1.46 bits per heavy atom. The topological polar surface area (TPSA) is 38.9 Å². The van der Waals surface area contributed by atoms with Crippen LogP contribution < -0.4 is 5.73 Å². The normalized spacial score (nSPS) is 18.6. The fourth-order valence-corrected chi connectivity index (χ4v) is 1.81. The van der Waals surface area contributed by atoms with Gasteiger partial charge in [0.1, 0.15) is 0 Å². The van der Waals surface area contributed by atoms with Crippen LogP contribution in [-0.4, -0.2) is 10.5 Å². The van der Waals surface area contributed by atoms with Gasteiger partial charge in [0.05, 0.1) is 0 Å². The van der Waals surface area contributed by atoms with E-state index in [-0.39, 0.29) is 5.54 Å². The van der Waals surface area contributed by atoms with Crippen molar-refractivity contribution in [1.82, 2.24) is 4.98 Å². The van der Waals surface area contributed by atoms with Gasteiger partial charge >= 0.3 is 0 Å². The quantitative estimate of drug-likeness (QED) is 0.881. The molecule has 0 unspecified atom stereocenters. The fourth-order valence-electron chi connectivity index (χ4n) is 1.40. The zero-order valence-corrected chi connectivity index (χ0v) is 9.05. The SMILES string of the molecule is NC1(CCc2cncc(Br)c2)CC1. The zero-order valence-electron chi connectivity index (χ0n) is 7.46. The van der Waals surface area contributed by atoms with Crippen LogP contribution in [-0.2, 0) is 6.42 Å². The highest BCUT2D eigenvalue weighted by atomic mass is 79.9. The second-order valence-corrected chi connectivity index (χ2v) is 4.79. The third kappa shape index (κ3) is 2.51. The highest BCUT2D eigenvalue weighted by Gasteiger charge is 2.37. The summed E-state index contributed by atoms with van der Waals surface area (Å²) >= 11 is 3.40. The molecular formula is C10H13BrN2. The first-order valence-corrected chi connectivity index (χ1v) is 5.36. The Labute approximate surface area is 86.7 Å². The highest BCUT2D eigenvalue weighted by molar-refractivity contribution is 9.10. The van der Waals surface area contributed by atoms with Gasteiger partial charge in [0, 0.05) is 22.4 Å². The standard InChI is InChI=1S/C10H13BrN2/c11-9-5-8(6-13-7-9)1-2-10(12)3-4-10/h5-7H,1-4,12H2. The molecule has 1 heterocycles. The van der Waals surface area contributed by atoms with Crippen molar-refractivity contribution in [2.75, 3.05) is 0 Å². The molecule has 1 aromatic rings. The lowest BCUT2D eigenvalue weighted by atomic mass is 10.1. The Kier molecular flexibility index (Phi) is 2.39. The van der Waals surface area contributed by atoms with Crippen LogP contribution in [0.5, 0.6) is 0 Å². The minimum atomic E-state index is 0.155. The molecule has 1 aliphatic rings. The van der Waals surface area contributed by atoms with Crippen LogP contribution in [0.3, 0.4) is 0 Å². The molecule has 0 spiro atoms. The van der Waals surface area contributed by atoms with E-state index in [0.717, 1.165) is 17.3 Å². The van der Waals surface area contributed by atoms with E-state index >= 15 is 0 Å². The molecule has 1 saturated carbocycles. The van der Waals surface area contributed by atoms with Crippen molar-refractivity contribution in [3.63, 3.8) is 0 Å². The number of nitrogens with two attached hydrogens (primary N) is 1. The molecule has 2 N–H and O–H groups in total. The summed E-state index contributed by atoms with van der Waals surface area (Å²) in [6.07, 6.45) is 8.23. The van der Waals surface area contributed by atoms with Crippen LogP contribution in [0.15, 0.2) is 22.9 Å². The van der Waals surface area contributed by atoms with Crippen molar-refractivity contribution in [2.24, 2.45) is 5.73 Å². The fraction of sp³-hybridized carbons (Fsp3) is 0.500. The van der Waals surface area contributed by atoms with E-state index in [2.05, 4.69) is 27.0 Å². The van der Waals surface area contributed by atoms with E-state index in [1.807, 2.05) is 6.20 Å². The van der Waals surface area contributed by atoms with Gasteiger partial charge in [-0.1, -0.05) is 0 Å². The lowest BCUT2D eigenvalue weighted by Crippen LogP contribution is -2.22. The number of halogens is 1. The maximum atomic E-state index is 6.00. The van der Waals surface area contributed by atoms with Crippen molar-refractivity contribution in [1.29, 1.82) is 0 Å². The monoisotopic (exact) mass is 240 g/mol. The van der Waals surface area contributed by atoms with Gasteiger partial charge in [-0.2, -0.15) is 0 Å². The summed E-state index contributed by atoms with van der Waals surface area (Å²) in [5.41, 5.74) is 7.42. The van der Waals surface area contributed by atoms with Gasteiger partial charge in [0.15, 0.2) is 0 Å². The molecule has 0 saturated heterocycles. The summed E-state index contributed by atoms with van der Waals surface area (Å²) in [5, 5.41) is 0. The van der Waals surface area contributed by atoms with E-state index < -0.39 is 0 Å². The van der Waals surface area contributed by atoms with Crippen LogP contribution in [0.1, 0.15) is 24.8 Å². The molecule has 1 aromatic heterocycles. The predicted molar refractivity (Wildman–Crippen MR) is 56.4 cm³/mol. The Bertz CT molecular complexity index is 308. The minimum absolute atomic E-state index is 0.155. The number of hydrogen-bond acceptors (Lipinski definition) is 2. The molecule has 0 aliphatic heterocycles. The number of hydrogen-bond donors (Lipinski definition) is 1. The molecule has 0 radical (unpaired) electrons. The van der Waals surface area contributed by atoms with Gasteiger partial charge in [-0.05, 0) is 53.2 Å². The molecule has 0 atom stereocenters. The number of nitrogens with zero attached hydrogens (tertiary/aromatic N) is 1. The largest absolute Gasteiger partial charge is 0.325 e. The molecule has 3 heteroatoms. The second-order valence-electron chi connectivity index (χ2n) is 3.87. The third-order valence-corrected chi connectivity index (χ3v) is 3.00. The summed E-state index contributed by atoms with van der Waals surface area (Å²) in [6, 6.07) is 2.11. The van der Waals surface area contributed by atoms with Crippen LogP contribution in [0, 0.1) is 0 Å². The Morgan fingerprint density at radius 2 is 2.23 bits per heavy atom. The first-order valence-electron chi connectivity index (χ1n) is 4.56. The highest BCUT2D eigenvalue weighted by Crippen LogP contribution is 2.36. The number of aryl methyl sites for hydroxylation is 1. The number of aromatic nitrogens is 1. The third-order valence-electron chi connectivity index (χ3n) is 2.57. The maximum absolute atomic E-state index is 6.00. The zero-order chi connectivity index (χ0) is 9.31. The molecular weight excluding hydrogens is 228 g/mol. The maximum Gasteiger partial charge on any atom is 0.0410 e. The molecule has 2 rings (SSSR count). The Hall–Kier alpha value is -0.410. The van der Waals surface area contributed by atoms with E-state index in [1.165, 1.54) is 18.4 Å². The summed E-state index contributed by atoms with van der Waals surface area (Å²) in [4.78, 5) is 4.12. The van der Waals surface area contributed by atoms with Crippen LogP contribution >= 0.6 is 15.9 Å². The van der Waals surface area contributed by atoms with E-state index in [0.29, 0.717) is 0 Å². The first-order chi connectivity index (χ1) is 6.18. The number of pyridine rings is 1. The van der Waals surface area contributed by atoms with Crippen molar-refractivity contribution >= 4 is 15.9 Å². The van der Waals surface area contributed by atoms with Crippen molar-refractivity contribution in [3.05, 3.63) is 28.5 Å². The molecule has 1 fully saturated rings. The molecule has 13 heavy (non-hydrogen) atoms. The second kappa shape index (κ2) is 3.39. The lowest BCUT2D eigenvalue weighted by Gasteiger charge is -2.07. The molecule has 0 bridgehead atoms.